The monoisotopic (exact) mass is 366 g/mol. The number of urea groups is 1. The van der Waals surface area contributed by atoms with E-state index in [0.29, 0.717) is 19.7 Å². The van der Waals surface area contributed by atoms with Crippen LogP contribution in [0, 0.1) is 0 Å². The molecule has 1 aromatic carbocycles. The van der Waals surface area contributed by atoms with Gasteiger partial charge in [-0.3, -0.25) is 0 Å². The maximum atomic E-state index is 12.3. The molecule has 0 atom stereocenters. The zero-order valence-electron chi connectivity index (χ0n) is 15.9. The second-order valence-electron chi connectivity index (χ2n) is 7.62. The summed E-state index contributed by atoms with van der Waals surface area (Å²) in [5.41, 5.74) is 2.77. The smallest absolute Gasteiger partial charge is 0.317 e. The summed E-state index contributed by atoms with van der Waals surface area (Å²) >= 11 is 0. The number of fused-ring (bicyclic) bond motifs is 2. The number of rotatable bonds is 2. The molecule has 1 fully saturated rings. The van der Waals surface area contributed by atoms with Crippen molar-refractivity contribution in [3.8, 4) is 11.4 Å². The van der Waals surface area contributed by atoms with Crippen LogP contribution < -0.4 is 5.32 Å². The molecule has 2 aromatic rings. The molecule has 142 valence electrons. The van der Waals surface area contributed by atoms with Crippen molar-refractivity contribution < 1.29 is 9.53 Å². The van der Waals surface area contributed by atoms with Crippen LogP contribution in [0.5, 0.6) is 0 Å². The van der Waals surface area contributed by atoms with Crippen LogP contribution in [-0.4, -0.2) is 46.6 Å². The van der Waals surface area contributed by atoms with Crippen molar-refractivity contribution in [1.29, 1.82) is 0 Å². The number of ether oxygens (including phenoxy) is 1. The SMILES string of the molecule is CC(C)NC(=O)N1CCC2(CC1)OCCc1cnc(-c3ccccc3)nc12. The summed E-state index contributed by atoms with van der Waals surface area (Å²) in [4.78, 5) is 23.7. The molecule has 1 spiro atoms. The fourth-order valence-corrected chi connectivity index (χ4v) is 3.93. The lowest BCUT2D eigenvalue weighted by Crippen LogP contribution is -2.52. The van der Waals surface area contributed by atoms with E-state index in [4.69, 9.17) is 9.72 Å². The van der Waals surface area contributed by atoms with Gasteiger partial charge in [0.05, 0.1) is 12.3 Å². The van der Waals surface area contributed by atoms with Gasteiger partial charge < -0.3 is 15.0 Å². The molecule has 6 nitrogen and oxygen atoms in total. The van der Waals surface area contributed by atoms with Crippen LogP contribution in [0.3, 0.4) is 0 Å². The van der Waals surface area contributed by atoms with E-state index >= 15 is 0 Å². The van der Waals surface area contributed by atoms with Crippen LogP contribution in [0.15, 0.2) is 36.5 Å². The number of nitrogens with one attached hydrogen (secondary N) is 1. The summed E-state index contributed by atoms with van der Waals surface area (Å²) in [6.45, 7) is 5.97. The summed E-state index contributed by atoms with van der Waals surface area (Å²) in [5, 5.41) is 2.97. The first kappa shape index (κ1) is 17.9. The largest absolute Gasteiger partial charge is 0.368 e. The number of carbonyl (C=O) groups is 1. The van der Waals surface area contributed by atoms with Crippen molar-refractivity contribution in [3.05, 3.63) is 47.8 Å². The number of carbonyl (C=O) groups excluding carboxylic acids is 1. The Labute approximate surface area is 160 Å². The lowest BCUT2D eigenvalue weighted by molar-refractivity contribution is -0.0958. The van der Waals surface area contributed by atoms with Gasteiger partial charge in [0, 0.05) is 30.9 Å². The van der Waals surface area contributed by atoms with Gasteiger partial charge in [0.25, 0.3) is 0 Å². The normalized spacial score (nSPS) is 18.4. The van der Waals surface area contributed by atoms with E-state index in [1.165, 1.54) is 5.56 Å². The molecule has 6 heteroatoms. The number of aromatic nitrogens is 2. The highest BCUT2D eigenvalue weighted by Gasteiger charge is 2.43. The summed E-state index contributed by atoms with van der Waals surface area (Å²) in [6, 6.07) is 10.2. The molecule has 0 aliphatic carbocycles. The van der Waals surface area contributed by atoms with E-state index in [-0.39, 0.29) is 12.1 Å². The number of piperidine rings is 1. The van der Waals surface area contributed by atoms with Crippen molar-refractivity contribution >= 4 is 6.03 Å². The molecule has 1 aromatic heterocycles. The van der Waals surface area contributed by atoms with E-state index in [0.717, 1.165) is 36.3 Å². The maximum absolute atomic E-state index is 12.3. The van der Waals surface area contributed by atoms with Gasteiger partial charge in [-0.2, -0.15) is 0 Å². The van der Waals surface area contributed by atoms with Gasteiger partial charge >= 0.3 is 6.03 Å². The highest BCUT2D eigenvalue weighted by atomic mass is 16.5. The third kappa shape index (κ3) is 3.54. The average molecular weight is 366 g/mol. The number of hydrogen-bond donors (Lipinski definition) is 1. The fraction of sp³-hybridized carbons (Fsp3) is 0.476. The minimum Gasteiger partial charge on any atom is -0.368 e. The Morgan fingerprint density at radius 3 is 2.67 bits per heavy atom. The lowest BCUT2D eigenvalue weighted by atomic mass is 9.83. The third-order valence-corrected chi connectivity index (χ3v) is 5.35. The number of likely N-dealkylation sites (tertiary alicyclic amines) is 1. The molecule has 1 N–H and O–H groups in total. The molecule has 27 heavy (non-hydrogen) atoms. The predicted octanol–water partition coefficient (Wildman–Crippen LogP) is 3.13. The van der Waals surface area contributed by atoms with Crippen LogP contribution >= 0.6 is 0 Å². The van der Waals surface area contributed by atoms with E-state index in [2.05, 4.69) is 10.3 Å². The van der Waals surface area contributed by atoms with E-state index in [1.54, 1.807) is 0 Å². The van der Waals surface area contributed by atoms with Gasteiger partial charge in [-0.15, -0.1) is 0 Å². The number of amides is 2. The summed E-state index contributed by atoms with van der Waals surface area (Å²) in [5.74, 6) is 0.735. The Balaban J connectivity index is 1.59. The van der Waals surface area contributed by atoms with Gasteiger partial charge in [0.15, 0.2) is 5.82 Å². The first-order valence-corrected chi connectivity index (χ1v) is 9.69. The Bertz CT molecular complexity index is 814. The fourth-order valence-electron chi connectivity index (χ4n) is 3.93. The van der Waals surface area contributed by atoms with Gasteiger partial charge in [-0.05, 0) is 38.7 Å². The minimum atomic E-state index is -0.408. The summed E-state index contributed by atoms with van der Waals surface area (Å²) in [6.07, 6.45) is 4.31. The van der Waals surface area contributed by atoms with Crippen LogP contribution in [0.25, 0.3) is 11.4 Å². The number of hydrogen-bond acceptors (Lipinski definition) is 4. The van der Waals surface area contributed by atoms with Crippen LogP contribution in [0.4, 0.5) is 4.79 Å². The van der Waals surface area contributed by atoms with Crippen molar-refractivity contribution in [2.45, 2.75) is 44.8 Å². The third-order valence-electron chi connectivity index (χ3n) is 5.35. The van der Waals surface area contributed by atoms with Crippen molar-refractivity contribution in [1.82, 2.24) is 20.2 Å². The number of benzene rings is 1. The Hall–Kier alpha value is -2.47. The summed E-state index contributed by atoms with van der Waals surface area (Å²) in [7, 11) is 0. The van der Waals surface area contributed by atoms with E-state index in [1.807, 2.05) is 55.3 Å². The molecule has 2 aliphatic heterocycles. The molecule has 4 rings (SSSR count). The zero-order valence-corrected chi connectivity index (χ0v) is 15.9. The molecule has 2 amide bonds. The average Bonchev–Trinajstić information content (AvgIpc) is 2.69. The van der Waals surface area contributed by atoms with Gasteiger partial charge in [0.2, 0.25) is 0 Å². The first-order valence-electron chi connectivity index (χ1n) is 9.69. The van der Waals surface area contributed by atoms with Crippen molar-refractivity contribution in [3.63, 3.8) is 0 Å². The molecule has 3 heterocycles. The molecule has 2 aliphatic rings. The van der Waals surface area contributed by atoms with E-state index < -0.39 is 5.60 Å². The quantitative estimate of drug-likeness (QED) is 0.887. The molecule has 0 radical (unpaired) electrons. The topological polar surface area (TPSA) is 67.4 Å². The molecule has 0 unspecified atom stereocenters. The van der Waals surface area contributed by atoms with Crippen LogP contribution in [0.1, 0.15) is 37.9 Å². The number of nitrogens with zero attached hydrogens (tertiary/aromatic N) is 3. The Morgan fingerprint density at radius 1 is 1.22 bits per heavy atom. The molecular weight excluding hydrogens is 340 g/mol. The van der Waals surface area contributed by atoms with Crippen LogP contribution in [0.2, 0.25) is 0 Å². The van der Waals surface area contributed by atoms with Gasteiger partial charge in [-0.1, -0.05) is 30.3 Å². The summed E-state index contributed by atoms with van der Waals surface area (Å²) < 4.78 is 6.28. The molecule has 0 saturated carbocycles. The van der Waals surface area contributed by atoms with E-state index in [9.17, 15) is 4.79 Å². The second-order valence-corrected chi connectivity index (χ2v) is 7.62. The van der Waals surface area contributed by atoms with Crippen LogP contribution in [-0.2, 0) is 16.8 Å². The van der Waals surface area contributed by atoms with Crippen molar-refractivity contribution in [2.75, 3.05) is 19.7 Å². The molecular formula is C21H26N4O2. The highest BCUT2D eigenvalue weighted by Crippen LogP contribution is 2.40. The zero-order chi connectivity index (χ0) is 18.9. The Morgan fingerprint density at radius 2 is 1.96 bits per heavy atom. The van der Waals surface area contributed by atoms with Crippen molar-refractivity contribution in [2.24, 2.45) is 0 Å². The minimum absolute atomic E-state index is 0.00328. The second kappa shape index (κ2) is 7.27. The Kier molecular flexibility index (Phi) is 4.83. The highest BCUT2D eigenvalue weighted by molar-refractivity contribution is 5.74. The van der Waals surface area contributed by atoms with Gasteiger partial charge in [0.1, 0.15) is 5.60 Å². The maximum Gasteiger partial charge on any atom is 0.317 e. The molecule has 0 bridgehead atoms. The predicted molar refractivity (Wildman–Crippen MR) is 103 cm³/mol. The molecule has 1 saturated heterocycles. The lowest BCUT2D eigenvalue weighted by Gasteiger charge is -2.44. The van der Waals surface area contributed by atoms with Gasteiger partial charge in [-0.25, -0.2) is 14.8 Å². The first-order chi connectivity index (χ1) is 13.1. The standard InChI is InChI=1S/C21H26N4O2/c1-15(2)23-20(26)25-11-9-21(10-12-25)18-17(8-13-27-21)14-22-19(24-18)16-6-4-3-5-7-16/h3-7,14-15H,8-13H2,1-2H3,(H,23,26).